The SMILES string of the molecule is CC(=O)NS(=O)(=O)c1ccc(NC(=O)c2cnc(Cl)c(Cl)c2)cc1. The van der Waals surface area contributed by atoms with E-state index in [0.717, 1.165) is 6.92 Å². The zero-order chi connectivity index (χ0) is 17.9. The van der Waals surface area contributed by atoms with Crippen LogP contribution in [0.25, 0.3) is 0 Å². The zero-order valence-corrected chi connectivity index (χ0v) is 14.5. The third-order valence-corrected chi connectivity index (χ3v) is 4.89. The van der Waals surface area contributed by atoms with Gasteiger partial charge in [-0.2, -0.15) is 0 Å². The van der Waals surface area contributed by atoms with Gasteiger partial charge in [0, 0.05) is 18.8 Å². The first-order valence-electron chi connectivity index (χ1n) is 6.45. The van der Waals surface area contributed by atoms with Crippen LogP contribution in [-0.2, 0) is 14.8 Å². The Morgan fingerprint density at radius 2 is 1.75 bits per heavy atom. The van der Waals surface area contributed by atoms with Crippen LogP contribution in [-0.4, -0.2) is 25.2 Å². The van der Waals surface area contributed by atoms with E-state index in [1.165, 1.54) is 36.5 Å². The molecule has 0 fully saturated rings. The van der Waals surface area contributed by atoms with E-state index in [1.54, 1.807) is 0 Å². The van der Waals surface area contributed by atoms with Gasteiger partial charge in [0.2, 0.25) is 5.91 Å². The molecule has 0 unspecified atom stereocenters. The monoisotopic (exact) mass is 387 g/mol. The molecule has 1 aromatic carbocycles. The number of sulfonamides is 1. The molecule has 2 aromatic rings. The first-order chi connectivity index (χ1) is 11.2. The van der Waals surface area contributed by atoms with Gasteiger partial charge in [-0.1, -0.05) is 23.2 Å². The molecule has 0 atom stereocenters. The van der Waals surface area contributed by atoms with Crippen LogP contribution in [0.15, 0.2) is 41.4 Å². The molecule has 1 aromatic heterocycles. The highest BCUT2D eigenvalue weighted by Gasteiger charge is 2.15. The highest BCUT2D eigenvalue weighted by atomic mass is 35.5. The molecular weight excluding hydrogens is 377 g/mol. The molecular formula is C14H11Cl2N3O4S. The van der Waals surface area contributed by atoms with Gasteiger partial charge in [-0.15, -0.1) is 0 Å². The van der Waals surface area contributed by atoms with Crippen LogP contribution >= 0.6 is 23.2 Å². The normalized spacial score (nSPS) is 11.0. The Morgan fingerprint density at radius 1 is 1.12 bits per heavy atom. The van der Waals surface area contributed by atoms with E-state index in [0.29, 0.717) is 5.69 Å². The number of halogens is 2. The van der Waals surface area contributed by atoms with Crippen LogP contribution in [0.1, 0.15) is 17.3 Å². The van der Waals surface area contributed by atoms with Gasteiger partial charge < -0.3 is 5.32 Å². The van der Waals surface area contributed by atoms with E-state index in [-0.39, 0.29) is 20.6 Å². The summed E-state index contributed by atoms with van der Waals surface area (Å²) in [6, 6.07) is 6.65. The highest BCUT2D eigenvalue weighted by molar-refractivity contribution is 7.90. The van der Waals surface area contributed by atoms with Gasteiger partial charge in [0.15, 0.2) is 0 Å². The molecule has 10 heteroatoms. The summed E-state index contributed by atoms with van der Waals surface area (Å²) in [5.41, 5.74) is 0.548. The summed E-state index contributed by atoms with van der Waals surface area (Å²) >= 11 is 11.5. The van der Waals surface area contributed by atoms with Crippen LogP contribution in [0.3, 0.4) is 0 Å². The number of pyridine rings is 1. The summed E-state index contributed by atoms with van der Waals surface area (Å²) < 4.78 is 25.5. The van der Waals surface area contributed by atoms with E-state index in [1.807, 2.05) is 4.72 Å². The van der Waals surface area contributed by atoms with Gasteiger partial charge in [-0.3, -0.25) is 9.59 Å². The van der Waals surface area contributed by atoms with E-state index < -0.39 is 21.8 Å². The molecule has 7 nitrogen and oxygen atoms in total. The molecule has 1 heterocycles. The lowest BCUT2D eigenvalue weighted by atomic mass is 10.2. The predicted octanol–water partition coefficient (Wildman–Crippen LogP) is 2.47. The molecule has 0 aliphatic rings. The molecule has 0 radical (unpaired) electrons. The molecule has 2 N–H and O–H groups in total. The van der Waals surface area contributed by atoms with Crippen molar-refractivity contribution in [1.29, 1.82) is 0 Å². The summed E-state index contributed by atoms with van der Waals surface area (Å²) in [5.74, 6) is -1.18. The number of hydrogen-bond acceptors (Lipinski definition) is 5. The molecule has 0 aliphatic carbocycles. The van der Waals surface area contributed by atoms with Crippen molar-refractivity contribution in [1.82, 2.24) is 9.71 Å². The standard InChI is InChI=1S/C14H11Cl2N3O4S/c1-8(20)19-24(22,23)11-4-2-10(3-5-11)18-14(21)9-6-12(15)13(16)17-7-9/h2-7H,1H3,(H,18,21)(H,19,20). The second kappa shape index (κ2) is 7.16. The maximum atomic E-state index is 12.1. The third-order valence-electron chi connectivity index (χ3n) is 2.76. The molecule has 24 heavy (non-hydrogen) atoms. The fourth-order valence-corrected chi connectivity index (χ4v) is 2.97. The lowest BCUT2D eigenvalue weighted by molar-refractivity contribution is -0.117. The molecule has 0 aliphatic heterocycles. The Labute approximate surface area is 148 Å². The molecule has 126 valence electrons. The Kier molecular flexibility index (Phi) is 5.43. The van der Waals surface area contributed by atoms with Crippen molar-refractivity contribution in [3.63, 3.8) is 0 Å². The molecule has 2 amide bonds. The minimum Gasteiger partial charge on any atom is -0.322 e. The highest BCUT2D eigenvalue weighted by Crippen LogP contribution is 2.21. The predicted molar refractivity (Wildman–Crippen MR) is 89.7 cm³/mol. The number of carbonyl (C=O) groups is 2. The average molecular weight is 388 g/mol. The fourth-order valence-electron chi connectivity index (χ4n) is 1.71. The van der Waals surface area contributed by atoms with Crippen LogP contribution in [0, 0.1) is 0 Å². The molecule has 2 rings (SSSR count). The van der Waals surface area contributed by atoms with E-state index in [2.05, 4.69) is 10.3 Å². The largest absolute Gasteiger partial charge is 0.322 e. The Bertz CT molecular complexity index is 899. The van der Waals surface area contributed by atoms with Gasteiger partial charge in [-0.25, -0.2) is 18.1 Å². The fraction of sp³-hybridized carbons (Fsp3) is 0.0714. The van der Waals surface area contributed by atoms with Gasteiger partial charge in [-0.05, 0) is 30.3 Å². The van der Waals surface area contributed by atoms with Crippen molar-refractivity contribution in [2.75, 3.05) is 5.32 Å². The number of rotatable bonds is 4. The van der Waals surface area contributed by atoms with Crippen molar-refractivity contribution in [3.05, 3.63) is 52.3 Å². The number of aromatic nitrogens is 1. The van der Waals surface area contributed by atoms with Crippen molar-refractivity contribution in [3.8, 4) is 0 Å². The van der Waals surface area contributed by atoms with Crippen molar-refractivity contribution in [2.24, 2.45) is 0 Å². The van der Waals surface area contributed by atoms with E-state index >= 15 is 0 Å². The second-order valence-corrected chi connectivity index (χ2v) is 7.08. The van der Waals surface area contributed by atoms with E-state index in [4.69, 9.17) is 23.2 Å². The Balaban J connectivity index is 2.15. The summed E-state index contributed by atoms with van der Waals surface area (Å²) in [4.78, 5) is 26.6. The minimum atomic E-state index is -3.92. The number of carbonyl (C=O) groups excluding carboxylic acids is 2. The minimum absolute atomic E-state index is 0.0840. The van der Waals surface area contributed by atoms with Gasteiger partial charge >= 0.3 is 0 Å². The number of hydrogen-bond donors (Lipinski definition) is 2. The number of nitrogens with one attached hydrogen (secondary N) is 2. The van der Waals surface area contributed by atoms with Crippen molar-refractivity contribution in [2.45, 2.75) is 11.8 Å². The molecule has 0 spiro atoms. The lowest BCUT2D eigenvalue weighted by Gasteiger charge is -2.08. The summed E-state index contributed by atoms with van der Waals surface area (Å²) in [5, 5.41) is 2.79. The number of amides is 2. The van der Waals surface area contributed by atoms with Gasteiger partial charge in [0.05, 0.1) is 15.5 Å². The second-order valence-electron chi connectivity index (χ2n) is 4.64. The topological polar surface area (TPSA) is 105 Å². The third kappa shape index (κ3) is 4.44. The van der Waals surface area contributed by atoms with Crippen LogP contribution < -0.4 is 10.0 Å². The first-order valence-corrected chi connectivity index (χ1v) is 8.69. The van der Waals surface area contributed by atoms with Gasteiger partial charge in [0.25, 0.3) is 15.9 Å². The molecule has 0 saturated carbocycles. The van der Waals surface area contributed by atoms with Crippen LogP contribution in [0.5, 0.6) is 0 Å². The van der Waals surface area contributed by atoms with Gasteiger partial charge in [0.1, 0.15) is 5.15 Å². The van der Waals surface area contributed by atoms with E-state index in [9.17, 15) is 18.0 Å². The summed E-state index contributed by atoms with van der Waals surface area (Å²) in [6.45, 7) is 1.09. The quantitative estimate of drug-likeness (QED) is 0.783. The van der Waals surface area contributed by atoms with Crippen LogP contribution in [0.2, 0.25) is 10.2 Å². The number of anilines is 1. The summed E-state index contributed by atoms with van der Waals surface area (Å²) in [7, 11) is -3.92. The maximum Gasteiger partial charge on any atom is 0.264 e. The molecule has 0 bridgehead atoms. The lowest BCUT2D eigenvalue weighted by Crippen LogP contribution is -2.28. The molecule has 0 saturated heterocycles. The number of nitrogens with zero attached hydrogens (tertiary/aromatic N) is 1. The maximum absolute atomic E-state index is 12.1. The Hall–Kier alpha value is -2.16. The number of benzene rings is 1. The van der Waals surface area contributed by atoms with Crippen molar-refractivity contribution < 1.29 is 18.0 Å². The summed E-state index contributed by atoms with van der Waals surface area (Å²) in [6.07, 6.45) is 1.26. The zero-order valence-electron chi connectivity index (χ0n) is 12.2. The first kappa shape index (κ1) is 18.2. The average Bonchev–Trinajstić information content (AvgIpc) is 2.49. The Morgan fingerprint density at radius 3 is 2.29 bits per heavy atom. The van der Waals surface area contributed by atoms with Crippen molar-refractivity contribution >= 4 is 50.7 Å². The smallest absolute Gasteiger partial charge is 0.264 e. The van der Waals surface area contributed by atoms with Crippen LogP contribution in [0.4, 0.5) is 5.69 Å².